The number of fused-ring (bicyclic) bond motifs is 1. The second kappa shape index (κ2) is 12.8. The van der Waals surface area contributed by atoms with Gasteiger partial charge >= 0.3 is 5.97 Å². The van der Waals surface area contributed by atoms with Crippen molar-refractivity contribution in [2.75, 3.05) is 6.61 Å². The molecule has 4 aromatic rings. The van der Waals surface area contributed by atoms with Crippen molar-refractivity contribution in [2.24, 2.45) is 0 Å². The van der Waals surface area contributed by atoms with Gasteiger partial charge in [0, 0.05) is 41.7 Å². The van der Waals surface area contributed by atoms with Crippen LogP contribution >= 0.6 is 11.6 Å². The van der Waals surface area contributed by atoms with Crippen LogP contribution in [0.5, 0.6) is 11.5 Å². The number of aliphatic carboxylic acids is 1. The normalized spacial score (nSPS) is 15.3. The van der Waals surface area contributed by atoms with Crippen LogP contribution in [0, 0.1) is 17.1 Å². The Morgan fingerprint density at radius 2 is 1.95 bits per heavy atom. The summed E-state index contributed by atoms with van der Waals surface area (Å²) in [6.07, 6.45) is 4.06. The first kappa shape index (κ1) is 30.0. The van der Waals surface area contributed by atoms with Gasteiger partial charge in [0.25, 0.3) is 0 Å². The van der Waals surface area contributed by atoms with E-state index in [1.165, 1.54) is 19.2 Å². The minimum atomic E-state index is -1.59. The Bertz CT molecular complexity index is 1710. The monoisotopic (exact) mass is 601 g/mol. The van der Waals surface area contributed by atoms with Gasteiger partial charge in [-0.05, 0) is 54.7 Å². The summed E-state index contributed by atoms with van der Waals surface area (Å²) in [5.41, 5.74) is 3.33. The second-order valence-corrected chi connectivity index (χ2v) is 10.9. The Kier molecular flexibility index (Phi) is 8.92. The molecular weight excluding hydrogens is 573 g/mol. The summed E-state index contributed by atoms with van der Waals surface area (Å²) in [7, 11) is 0. The summed E-state index contributed by atoms with van der Waals surface area (Å²) < 4.78 is 27.2. The van der Waals surface area contributed by atoms with Gasteiger partial charge in [-0.15, -0.1) is 0 Å². The number of benzene rings is 3. The minimum absolute atomic E-state index is 0.0213. The largest absolute Gasteiger partial charge is 0.488 e. The van der Waals surface area contributed by atoms with E-state index in [0.29, 0.717) is 46.6 Å². The van der Waals surface area contributed by atoms with Crippen molar-refractivity contribution >= 4 is 17.6 Å². The topological polar surface area (TPSA) is 125 Å². The van der Waals surface area contributed by atoms with E-state index >= 15 is 0 Å². The number of carboxylic acids is 1. The molecule has 0 fully saturated rings. The Morgan fingerprint density at radius 3 is 2.70 bits per heavy atom. The van der Waals surface area contributed by atoms with Crippen LogP contribution in [0.4, 0.5) is 4.39 Å². The zero-order valence-electron chi connectivity index (χ0n) is 23.3. The summed E-state index contributed by atoms with van der Waals surface area (Å²) in [4.78, 5) is 15.8. The Balaban J connectivity index is 1.44. The second-order valence-electron chi connectivity index (χ2n) is 10.5. The quantitative estimate of drug-likeness (QED) is 0.192. The molecule has 0 radical (unpaired) electrons. The average Bonchev–Trinajstić information content (AvgIpc) is 3.43. The summed E-state index contributed by atoms with van der Waals surface area (Å²) in [6, 6.07) is 19.4. The standard InChI is InChI=1S/C33H29ClFN3O5/c1-33(19-39,32(40)41)38-17-22-12-27(34)31(13-30(22)42-18-21-11-20(14-36)15-37-16-21)43-29-10-9-24-23(6-4-7-26(24)29)25-5-2-3-8-28(25)35/h2-8,11-13,15-16,29,38-39H,9-10,17-19H2,1H3,(H,40,41)/t29-,33-/m0/s1. The van der Waals surface area contributed by atoms with Crippen molar-refractivity contribution < 1.29 is 28.9 Å². The smallest absolute Gasteiger partial charge is 0.326 e. The molecule has 10 heteroatoms. The fraction of sp³-hybridized carbons (Fsp3) is 0.242. The molecule has 2 atom stereocenters. The molecule has 220 valence electrons. The van der Waals surface area contributed by atoms with Gasteiger partial charge in [-0.3, -0.25) is 15.1 Å². The molecule has 0 saturated heterocycles. The summed E-state index contributed by atoms with van der Waals surface area (Å²) in [6.45, 7) is 0.843. The first-order chi connectivity index (χ1) is 20.7. The number of nitriles is 1. The molecule has 3 N–H and O–H groups in total. The maximum absolute atomic E-state index is 14.6. The van der Waals surface area contributed by atoms with Crippen molar-refractivity contribution in [3.63, 3.8) is 0 Å². The van der Waals surface area contributed by atoms with Crippen LogP contribution in [0.1, 0.15) is 47.3 Å². The van der Waals surface area contributed by atoms with E-state index in [1.807, 2.05) is 30.3 Å². The van der Waals surface area contributed by atoms with E-state index in [4.69, 9.17) is 21.1 Å². The van der Waals surface area contributed by atoms with Gasteiger partial charge in [0.15, 0.2) is 0 Å². The molecule has 0 amide bonds. The Hall–Kier alpha value is -4.49. The zero-order chi connectivity index (χ0) is 30.6. The lowest BCUT2D eigenvalue weighted by atomic mass is 9.96. The number of hydrogen-bond acceptors (Lipinski definition) is 7. The molecule has 0 unspecified atom stereocenters. The van der Waals surface area contributed by atoms with Gasteiger partial charge in [-0.25, -0.2) is 4.39 Å². The lowest BCUT2D eigenvalue weighted by molar-refractivity contribution is -0.145. The summed E-state index contributed by atoms with van der Waals surface area (Å²) in [5, 5.41) is 31.6. The lowest BCUT2D eigenvalue weighted by Crippen LogP contribution is -2.52. The zero-order valence-corrected chi connectivity index (χ0v) is 24.1. The number of nitrogens with zero attached hydrogens (tertiary/aromatic N) is 2. The molecule has 5 rings (SSSR count). The van der Waals surface area contributed by atoms with Gasteiger partial charge in [0.2, 0.25) is 0 Å². The summed E-state index contributed by atoms with van der Waals surface area (Å²) in [5.74, 6) is -0.762. The molecular formula is C33H29ClFN3O5. The molecule has 1 aliphatic rings. The van der Waals surface area contributed by atoms with Gasteiger partial charge in [0.05, 0.1) is 17.2 Å². The van der Waals surface area contributed by atoms with Gasteiger partial charge < -0.3 is 19.7 Å². The molecule has 43 heavy (non-hydrogen) atoms. The molecule has 0 bridgehead atoms. The Labute approximate surface area is 253 Å². The highest BCUT2D eigenvalue weighted by atomic mass is 35.5. The molecule has 0 spiro atoms. The third-order valence-corrected chi connectivity index (χ3v) is 7.83. The molecule has 1 heterocycles. The van der Waals surface area contributed by atoms with Crippen LogP contribution in [-0.2, 0) is 24.4 Å². The number of aromatic nitrogens is 1. The number of rotatable bonds is 11. The maximum atomic E-state index is 14.6. The first-order valence-electron chi connectivity index (χ1n) is 13.6. The predicted molar refractivity (Wildman–Crippen MR) is 158 cm³/mol. The van der Waals surface area contributed by atoms with E-state index in [0.717, 1.165) is 16.7 Å². The molecule has 8 nitrogen and oxygen atoms in total. The third kappa shape index (κ3) is 6.47. The van der Waals surface area contributed by atoms with E-state index in [9.17, 15) is 24.7 Å². The van der Waals surface area contributed by atoms with Crippen molar-refractivity contribution in [3.8, 4) is 28.7 Å². The van der Waals surface area contributed by atoms with Crippen LogP contribution in [0.2, 0.25) is 5.02 Å². The highest BCUT2D eigenvalue weighted by Gasteiger charge is 2.32. The highest BCUT2D eigenvalue weighted by molar-refractivity contribution is 6.32. The number of aliphatic hydroxyl groups excluding tert-OH is 1. The van der Waals surface area contributed by atoms with E-state index in [1.54, 1.807) is 36.5 Å². The van der Waals surface area contributed by atoms with Crippen LogP contribution in [-0.4, -0.2) is 33.3 Å². The molecule has 1 aromatic heterocycles. The number of nitrogens with one attached hydrogen (secondary N) is 1. The lowest BCUT2D eigenvalue weighted by Gasteiger charge is -2.25. The fourth-order valence-electron chi connectivity index (χ4n) is 5.04. The van der Waals surface area contributed by atoms with Crippen molar-refractivity contribution in [3.05, 3.63) is 112 Å². The third-order valence-electron chi connectivity index (χ3n) is 7.54. The number of hydrogen-bond donors (Lipinski definition) is 3. The maximum Gasteiger partial charge on any atom is 0.326 e. The van der Waals surface area contributed by atoms with Crippen LogP contribution in [0.25, 0.3) is 11.1 Å². The first-order valence-corrected chi connectivity index (χ1v) is 14.0. The number of ether oxygens (including phenoxy) is 2. The average molecular weight is 602 g/mol. The SMILES string of the molecule is C[C@@](CO)(NCc1cc(Cl)c(O[C@H]2CCc3c(-c4ccccc4F)cccc32)cc1OCc1cncc(C#N)c1)C(=O)O. The minimum Gasteiger partial charge on any atom is -0.488 e. The molecule has 3 aromatic carbocycles. The fourth-order valence-corrected chi connectivity index (χ4v) is 5.27. The van der Waals surface area contributed by atoms with Crippen molar-refractivity contribution in [1.82, 2.24) is 10.3 Å². The van der Waals surface area contributed by atoms with Crippen LogP contribution < -0.4 is 14.8 Å². The van der Waals surface area contributed by atoms with Gasteiger partial charge in [-0.2, -0.15) is 5.26 Å². The summed E-state index contributed by atoms with van der Waals surface area (Å²) >= 11 is 6.69. The van der Waals surface area contributed by atoms with Gasteiger partial charge in [0.1, 0.15) is 41.6 Å². The van der Waals surface area contributed by atoms with E-state index in [-0.39, 0.29) is 30.1 Å². The Morgan fingerprint density at radius 1 is 1.16 bits per heavy atom. The van der Waals surface area contributed by atoms with Crippen molar-refractivity contribution in [2.45, 2.75) is 44.6 Å². The van der Waals surface area contributed by atoms with Crippen LogP contribution in [0.15, 0.2) is 73.1 Å². The highest BCUT2D eigenvalue weighted by Crippen LogP contribution is 2.43. The number of carboxylic acid groups (broad SMARTS) is 1. The van der Waals surface area contributed by atoms with Crippen LogP contribution in [0.3, 0.4) is 0 Å². The van der Waals surface area contributed by atoms with E-state index in [2.05, 4.69) is 10.3 Å². The van der Waals surface area contributed by atoms with E-state index < -0.39 is 18.1 Å². The van der Waals surface area contributed by atoms with Gasteiger partial charge in [-0.1, -0.05) is 48.0 Å². The van der Waals surface area contributed by atoms with Crippen molar-refractivity contribution in [1.29, 1.82) is 5.26 Å². The number of halogens is 2. The number of pyridine rings is 1. The molecule has 1 aliphatic carbocycles. The molecule has 0 aliphatic heterocycles. The predicted octanol–water partition coefficient (Wildman–Crippen LogP) is 5.98. The molecule has 0 saturated carbocycles. The number of aliphatic hydroxyl groups is 1. The number of carbonyl (C=O) groups is 1.